The predicted molar refractivity (Wildman–Crippen MR) is 72.4 cm³/mol. The van der Waals surface area contributed by atoms with Gasteiger partial charge in [-0.2, -0.15) is 0 Å². The maximum absolute atomic E-state index is 12.0. The highest BCUT2D eigenvalue weighted by molar-refractivity contribution is 5.80. The summed E-state index contributed by atoms with van der Waals surface area (Å²) in [5, 5.41) is 3.82. The van der Waals surface area contributed by atoms with Crippen molar-refractivity contribution in [3.05, 3.63) is 0 Å². The summed E-state index contributed by atoms with van der Waals surface area (Å²) in [6, 6.07) is 0. The topological polar surface area (TPSA) is 67.9 Å². The first-order valence-corrected chi connectivity index (χ1v) is 6.29. The summed E-state index contributed by atoms with van der Waals surface area (Å²) in [6.45, 7) is 9.38. The fourth-order valence-electron chi connectivity index (χ4n) is 1.41. The Labute approximate surface area is 115 Å². The molecule has 0 unspecified atom stereocenters. The fourth-order valence-corrected chi connectivity index (χ4v) is 1.41. The lowest BCUT2D eigenvalue weighted by molar-refractivity contribution is -0.178. The first-order chi connectivity index (χ1) is 8.49. The molecule has 0 aliphatic heterocycles. The van der Waals surface area contributed by atoms with Crippen LogP contribution in [0.2, 0.25) is 0 Å². The smallest absolute Gasteiger partial charge is 0.407 e. The van der Waals surface area contributed by atoms with E-state index in [1.54, 1.807) is 27.8 Å². The summed E-state index contributed by atoms with van der Waals surface area (Å²) < 4.78 is 5.11. The van der Waals surface area contributed by atoms with Gasteiger partial charge in [0.15, 0.2) is 0 Å². The van der Waals surface area contributed by atoms with Gasteiger partial charge in [0.25, 0.3) is 5.91 Å². The highest BCUT2D eigenvalue weighted by atomic mass is 16.7. The molecule has 0 saturated carbocycles. The molecule has 6 heteroatoms. The van der Waals surface area contributed by atoms with E-state index >= 15 is 0 Å². The highest BCUT2D eigenvalue weighted by Gasteiger charge is 2.30. The molecular weight excluding hydrogens is 248 g/mol. The SMILES string of the molecule is CON(C)C(=O)C(C)(C)CCNC(=O)OC(C)(C)C. The minimum absolute atomic E-state index is 0.138. The average Bonchev–Trinajstić information content (AvgIpc) is 2.24. The summed E-state index contributed by atoms with van der Waals surface area (Å²) in [5.74, 6) is -0.138. The Morgan fingerprint density at radius 1 is 1.16 bits per heavy atom. The molecule has 0 bridgehead atoms. The Kier molecular flexibility index (Phi) is 6.29. The van der Waals surface area contributed by atoms with Crippen LogP contribution in [-0.2, 0) is 14.4 Å². The molecule has 0 rings (SSSR count). The molecule has 112 valence electrons. The first kappa shape index (κ1) is 17.7. The van der Waals surface area contributed by atoms with Crippen molar-refractivity contribution in [2.45, 2.75) is 46.6 Å². The lowest BCUT2D eigenvalue weighted by Crippen LogP contribution is -2.40. The molecule has 0 aliphatic rings. The highest BCUT2D eigenvalue weighted by Crippen LogP contribution is 2.22. The van der Waals surface area contributed by atoms with Crippen LogP contribution in [0.3, 0.4) is 0 Å². The van der Waals surface area contributed by atoms with Crippen LogP contribution < -0.4 is 5.32 Å². The number of hydrogen-bond acceptors (Lipinski definition) is 4. The molecule has 2 amide bonds. The minimum atomic E-state index is -0.611. The second-order valence-corrected chi connectivity index (χ2v) is 6.05. The van der Waals surface area contributed by atoms with E-state index < -0.39 is 17.1 Å². The van der Waals surface area contributed by atoms with Crippen molar-refractivity contribution in [1.29, 1.82) is 0 Å². The van der Waals surface area contributed by atoms with Crippen LogP contribution in [0.1, 0.15) is 41.0 Å². The van der Waals surface area contributed by atoms with E-state index in [2.05, 4.69) is 5.32 Å². The quantitative estimate of drug-likeness (QED) is 0.778. The van der Waals surface area contributed by atoms with Crippen molar-refractivity contribution in [2.75, 3.05) is 20.7 Å². The standard InChI is InChI=1S/C13H26N2O4/c1-12(2,3)19-11(17)14-9-8-13(4,5)10(16)15(6)18-7/h8-9H2,1-7H3,(H,14,17). The molecule has 0 atom stereocenters. The third-order valence-corrected chi connectivity index (χ3v) is 2.56. The van der Waals surface area contributed by atoms with Gasteiger partial charge in [0.05, 0.1) is 7.11 Å². The van der Waals surface area contributed by atoms with Crippen molar-refractivity contribution in [2.24, 2.45) is 5.41 Å². The van der Waals surface area contributed by atoms with Gasteiger partial charge in [0.1, 0.15) is 5.60 Å². The lowest BCUT2D eigenvalue weighted by Gasteiger charge is -2.28. The number of hydroxylamine groups is 2. The van der Waals surface area contributed by atoms with Gasteiger partial charge in [-0.1, -0.05) is 13.8 Å². The molecule has 19 heavy (non-hydrogen) atoms. The number of carbonyl (C=O) groups excluding carboxylic acids is 2. The third kappa shape index (κ3) is 7.00. The predicted octanol–water partition coefficient (Wildman–Crippen LogP) is 1.95. The molecule has 0 aromatic carbocycles. The van der Waals surface area contributed by atoms with Gasteiger partial charge in [-0.15, -0.1) is 0 Å². The summed E-state index contributed by atoms with van der Waals surface area (Å²) in [6.07, 6.45) is 0.0227. The van der Waals surface area contributed by atoms with E-state index in [4.69, 9.17) is 9.57 Å². The fraction of sp³-hybridized carbons (Fsp3) is 0.846. The van der Waals surface area contributed by atoms with Gasteiger partial charge in [-0.05, 0) is 27.2 Å². The monoisotopic (exact) mass is 274 g/mol. The number of carbonyl (C=O) groups is 2. The average molecular weight is 274 g/mol. The van der Waals surface area contributed by atoms with Crippen molar-refractivity contribution >= 4 is 12.0 Å². The largest absolute Gasteiger partial charge is 0.444 e. The van der Waals surface area contributed by atoms with Crippen molar-refractivity contribution in [3.63, 3.8) is 0 Å². The van der Waals surface area contributed by atoms with Gasteiger partial charge >= 0.3 is 6.09 Å². The molecule has 0 heterocycles. The summed E-state index contributed by atoms with van der Waals surface area (Å²) in [4.78, 5) is 28.3. The van der Waals surface area contributed by atoms with Crippen molar-refractivity contribution in [1.82, 2.24) is 10.4 Å². The Bertz CT molecular complexity index is 321. The number of ether oxygens (including phenoxy) is 1. The van der Waals surface area contributed by atoms with E-state index in [9.17, 15) is 9.59 Å². The molecule has 0 aromatic heterocycles. The molecule has 1 N–H and O–H groups in total. The van der Waals surface area contributed by atoms with E-state index in [1.807, 2.05) is 13.8 Å². The third-order valence-electron chi connectivity index (χ3n) is 2.56. The van der Waals surface area contributed by atoms with Crippen LogP contribution in [0.4, 0.5) is 4.79 Å². The number of nitrogens with one attached hydrogen (secondary N) is 1. The number of nitrogens with zero attached hydrogens (tertiary/aromatic N) is 1. The maximum Gasteiger partial charge on any atom is 0.407 e. The zero-order valence-electron chi connectivity index (χ0n) is 13.0. The maximum atomic E-state index is 12.0. The second kappa shape index (κ2) is 6.75. The first-order valence-electron chi connectivity index (χ1n) is 6.29. The van der Waals surface area contributed by atoms with Crippen LogP contribution in [0.5, 0.6) is 0 Å². The van der Waals surface area contributed by atoms with Crippen LogP contribution in [0, 0.1) is 5.41 Å². The van der Waals surface area contributed by atoms with Crippen LogP contribution in [0.25, 0.3) is 0 Å². The minimum Gasteiger partial charge on any atom is -0.444 e. The second-order valence-electron chi connectivity index (χ2n) is 6.05. The molecular formula is C13H26N2O4. The zero-order chi connectivity index (χ0) is 15.3. The molecule has 6 nitrogen and oxygen atoms in total. The molecule has 0 aliphatic carbocycles. The zero-order valence-corrected chi connectivity index (χ0v) is 13.0. The van der Waals surface area contributed by atoms with Crippen LogP contribution in [0.15, 0.2) is 0 Å². The van der Waals surface area contributed by atoms with Gasteiger partial charge in [0, 0.05) is 19.0 Å². The summed E-state index contributed by atoms with van der Waals surface area (Å²) in [7, 11) is 3.00. The molecule has 0 spiro atoms. The number of rotatable bonds is 5. The Morgan fingerprint density at radius 3 is 2.11 bits per heavy atom. The van der Waals surface area contributed by atoms with Crippen molar-refractivity contribution < 1.29 is 19.2 Å². The molecule has 0 fully saturated rings. The van der Waals surface area contributed by atoms with E-state index in [1.165, 1.54) is 12.2 Å². The molecule has 0 saturated heterocycles. The number of alkyl carbamates (subject to hydrolysis) is 1. The number of hydrogen-bond donors (Lipinski definition) is 1. The van der Waals surface area contributed by atoms with Crippen LogP contribution >= 0.6 is 0 Å². The summed E-state index contributed by atoms with van der Waals surface area (Å²) in [5.41, 5.74) is -1.13. The normalized spacial score (nSPS) is 11.9. The Balaban J connectivity index is 4.19. The van der Waals surface area contributed by atoms with E-state index in [0.717, 1.165) is 0 Å². The molecule has 0 aromatic rings. The molecule has 0 radical (unpaired) electrons. The van der Waals surface area contributed by atoms with Gasteiger partial charge < -0.3 is 10.1 Å². The lowest BCUT2D eigenvalue weighted by atomic mass is 9.88. The van der Waals surface area contributed by atoms with Crippen molar-refractivity contribution in [3.8, 4) is 0 Å². The Hall–Kier alpha value is -1.30. The van der Waals surface area contributed by atoms with Gasteiger partial charge in [0.2, 0.25) is 0 Å². The van der Waals surface area contributed by atoms with Crippen LogP contribution in [-0.4, -0.2) is 43.4 Å². The van der Waals surface area contributed by atoms with E-state index in [0.29, 0.717) is 13.0 Å². The Morgan fingerprint density at radius 2 is 1.68 bits per heavy atom. The van der Waals surface area contributed by atoms with E-state index in [-0.39, 0.29) is 5.91 Å². The van der Waals surface area contributed by atoms with Gasteiger partial charge in [-0.3, -0.25) is 9.63 Å². The van der Waals surface area contributed by atoms with Gasteiger partial charge in [-0.25, -0.2) is 9.86 Å². The number of amides is 2. The summed E-state index contributed by atoms with van der Waals surface area (Å²) >= 11 is 0.